The van der Waals surface area contributed by atoms with E-state index >= 15 is 0 Å². The van der Waals surface area contributed by atoms with E-state index in [-0.39, 0.29) is 0 Å². The first-order valence-electron chi connectivity index (χ1n) is 7.27. The van der Waals surface area contributed by atoms with Crippen LogP contribution in [0.5, 0.6) is 0 Å². The highest BCUT2D eigenvalue weighted by atomic mass is 79.9. The molecule has 1 aromatic heterocycles. The number of anilines is 1. The minimum atomic E-state index is 0.704. The average Bonchev–Trinajstić information content (AvgIpc) is 3.23. The van der Waals surface area contributed by atoms with Gasteiger partial charge in [0.15, 0.2) is 5.13 Å². The Bertz CT molecular complexity index is 622. The Morgan fingerprint density at radius 2 is 2.14 bits per heavy atom. The van der Waals surface area contributed by atoms with Crippen molar-refractivity contribution in [2.24, 2.45) is 0 Å². The number of benzene rings is 1. The summed E-state index contributed by atoms with van der Waals surface area (Å²) in [6, 6.07) is 8.38. The summed E-state index contributed by atoms with van der Waals surface area (Å²) < 4.78 is 1.16. The van der Waals surface area contributed by atoms with E-state index in [1.807, 2.05) is 24.5 Å². The average molecular weight is 366 g/mol. The van der Waals surface area contributed by atoms with Crippen molar-refractivity contribution < 1.29 is 0 Å². The highest BCUT2D eigenvalue weighted by molar-refractivity contribution is 9.10. The van der Waals surface area contributed by atoms with E-state index in [1.165, 1.54) is 29.0 Å². The Balaban J connectivity index is 1.79. The molecule has 0 bridgehead atoms. The lowest BCUT2D eigenvalue weighted by Gasteiger charge is -2.16. The second-order valence-corrected chi connectivity index (χ2v) is 7.47. The zero-order valence-electron chi connectivity index (χ0n) is 12.4. The van der Waals surface area contributed by atoms with Crippen LogP contribution in [0.3, 0.4) is 0 Å². The minimum Gasteiger partial charge on any atom is -0.347 e. The van der Waals surface area contributed by atoms with E-state index < -0.39 is 0 Å². The van der Waals surface area contributed by atoms with Gasteiger partial charge in [0, 0.05) is 35.4 Å². The quantitative estimate of drug-likeness (QED) is 0.833. The first-order chi connectivity index (χ1) is 10.2. The number of hydrogen-bond acceptors (Lipinski definition) is 4. The van der Waals surface area contributed by atoms with E-state index in [1.54, 1.807) is 0 Å². The number of thiazole rings is 1. The van der Waals surface area contributed by atoms with E-state index in [4.69, 9.17) is 4.98 Å². The van der Waals surface area contributed by atoms with Gasteiger partial charge in [0.1, 0.15) is 0 Å². The van der Waals surface area contributed by atoms with Crippen molar-refractivity contribution in [2.75, 3.05) is 19.0 Å². The minimum absolute atomic E-state index is 0.704. The smallest absolute Gasteiger partial charge is 0.185 e. The zero-order valence-corrected chi connectivity index (χ0v) is 14.8. The number of nitrogens with one attached hydrogen (secondary N) is 1. The predicted molar refractivity (Wildman–Crippen MR) is 93.1 cm³/mol. The first-order valence-corrected chi connectivity index (χ1v) is 8.88. The van der Waals surface area contributed by atoms with Crippen LogP contribution in [0.4, 0.5) is 5.13 Å². The second kappa shape index (κ2) is 6.46. The molecule has 1 aliphatic rings. The molecule has 3 nitrogen and oxygen atoms in total. The fraction of sp³-hybridized carbons (Fsp3) is 0.438. The molecule has 1 aliphatic carbocycles. The molecule has 0 amide bonds. The van der Waals surface area contributed by atoms with E-state index in [0.717, 1.165) is 22.7 Å². The molecule has 0 saturated heterocycles. The van der Waals surface area contributed by atoms with Gasteiger partial charge in [0.2, 0.25) is 0 Å². The fourth-order valence-electron chi connectivity index (χ4n) is 2.43. The van der Waals surface area contributed by atoms with Crippen molar-refractivity contribution in [1.29, 1.82) is 0 Å². The zero-order chi connectivity index (χ0) is 14.8. The summed E-state index contributed by atoms with van der Waals surface area (Å²) in [5, 5.41) is 4.39. The molecule has 0 spiro atoms. The van der Waals surface area contributed by atoms with E-state index in [2.05, 4.69) is 51.4 Å². The lowest BCUT2D eigenvalue weighted by Crippen LogP contribution is -2.16. The molecule has 0 unspecified atom stereocenters. The van der Waals surface area contributed by atoms with Crippen LogP contribution in [0, 0.1) is 0 Å². The molecule has 21 heavy (non-hydrogen) atoms. The Kier molecular flexibility index (Phi) is 4.62. The summed E-state index contributed by atoms with van der Waals surface area (Å²) in [6.45, 7) is 1.80. The second-order valence-electron chi connectivity index (χ2n) is 5.56. The standard InChI is InChI=1S/C16H20BrN3S/c1-18-9-14-15(11-7-8-11)19-16(21-14)20(2)10-12-5-3-4-6-13(12)17/h3-6,11,18H,7-10H2,1-2H3. The number of rotatable bonds is 6. The van der Waals surface area contributed by atoms with Crippen LogP contribution in [-0.4, -0.2) is 19.1 Å². The predicted octanol–water partition coefficient (Wildman–Crippen LogP) is 4.14. The van der Waals surface area contributed by atoms with Crippen LogP contribution in [0.2, 0.25) is 0 Å². The van der Waals surface area contributed by atoms with Crippen molar-refractivity contribution in [3.63, 3.8) is 0 Å². The van der Waals surface area contributed by atoms with Crippen LogP contribution < -0.4 is 10.2 Å². The normalized spacial score (nSPS) is 14.4. The molecule has 112 valence electrons. The molecule has 1 aromatic carbocycles. The first kappa shape index (κ1) is 15.0. The van der Waals surface area contributed by atoms with Gasteiger partial charge in [-0.3, -0.25) is 0 Å². The van der Waals surface area contributed by atoms with Crippen molar-refractivity contribution in [3.05, 3.63) is 44.9 Å². The molecule has 0 aliphatic heterocycles. The maximum absolute atomic E-state index is 4.91. The van der Waals surface area contributed by atoms with Gasteiger partial charge < -0.3 is 10.2 Å². The molecular formula is C16H20BrN3S. The topological polar surface area (TPSA) is 28.2 Å². The van der Waals surface area contributed by atoms with Gasteiger partial charge in [-0.2, -0.15) is 0 Å². The monoisotopic (exact) mass is 365 g/mol. The fourth-order valence-corrected chi connectivity index (χ4v) is 3.95. The summed E-state index contributed by atoms with van der Waals surface area (Å²) in [6.07, 6.45) is 2.60. The van der Waals surface area contributed by atoms with Crippen molar-refractivity contribution in [3.8, 4) is 0 Å². The highest BCUT2D eigenvalue weighted by Crippen LogP contribution is 2.44. The van der Waals surface area contributed by atoms with Crippen molar-refractivity contribution >= 4 is 32.4 Å². The van der Waals surface area contributed by atoms with Gasteiger partial charge >= 0.3 is 0 Å². The summed E-state index contributed by atoms with van der Waals surface area (Å²) >= 11 is 5.44. The summed E-state index contributed by atoms with van der Waals surface area (Å²) in [7, 11) is 4.12. The van der Waals surface area contributed by atoms with Gasteiger partial charge in [-0.05, 0) is 31.5 Å². The van der Waals surface area contributed by atoms with Gasteiger partial charge in [-0.15, -0.1) is 11.3 Å². The third-order valence-corrected chi connectivity index (χ3v) is 5.67. The maximum atomic E-state index is 4.91. The van der Waals surface area contributed by atoms with Gasteiger partial charge in [-0.1, -0.05) is 34.1 Å². The third kappa shape index (κ3) is 3.47. The van der Waals surface area contributed by atoms with Crippen LogP contribution in [0.15, 0.2) is 28.7 Å². The molecule has 1 saturated carbocycles. The number of halogens is 1. The number of hydrogen-bond donors (Lipinski definition) is 1. The molecule has 1 fully saturated rings. The molecular weight excluding hydrogens is 346 g/mol. The number of nitrogens with zero attached hydrogens (tertiary/aromatic N) is 2. The van der Waals surface area contributed by atoms with Gasteiger partial charge in [0.25, 0.3) is 0 Å². The Morgan fingerprint density at radius 3 is 2.81 bits per heavy atom. The molecule has 2 aromatic rings. The van der Waals surface area contributed by atoms with Crippen LogP contribution in [0.1, 0.15) is 34.9 Å². The maximum Gasteiger partial charge on any atom is 0.185 e. The summed E-state index contributed by atoms with van der Waals surface area (Å²) in [5.74, 6) is 0.704. The van der Waals surface area contributed by atoms with Crippen molar-refractivity contribution in [1.82, 2.24) is 10.3 Å². The van der Waals surface area contributed by atoms with Gasteiger partial charge in [0.05, 0.1) is 5.69 Å². The molecule has 3 rings (SSSR count). The molecule has 5 heteroatoms. The Labute approximate surface area is 138 Å². The van der Waals surface area contributed by atoms with E-state index in [9.17, 15) is 0 Å². The summed E-state index contributed by atoms with van der Waals surface area (Å²) in [5.41, 5.74) is 2.61. The SMILES string of the molecule is CNCc1sc(N(C)Cc2ccccc2Br)nc1C1CC1. The Morgan fingerprint density at radius 1 is 1.38 bits per heavy atom. The molecule has 0 atom stereocenters. The largest absolute Gasteiger partial charge is 0.347 e. The summed E-state index contributed by atoms with van der Waals surface area (Å²) in [4.78, 5) is 8.55. The highest BCUT2D eigenvalue weighted by Gasteiger charge is 2.30. The molecule has 1 heterocycles. The van der Waals surface area contributed by atoms with Crippen LogP contribution >= 0.6 is 27.3 Å². The Hall–Kier alpha value is -0.910. The van der Waals surface area contributed by atoms with Gasteiger partial charge in [-0.25, -0.2) is 4.98 Å². The number of aromatic nitrogens is 1. The van der Waals surface area contributed by atoms with Crippen molar-refractivity contribution in [2.45, 2.75) is 31.8 Å². The van der Waals surface area contributed by atoms with Crippen LogP contribution in [-0.2, 0) is 13.1 Å². The molecule has 0 radical (unpaired) electrons. The third-order valence-electron chi connectivity index (χ3n) is 3.71. The lowest BCUT2D eigenvalue weighted by molar-refractivity contribution is 0.811. The van der Waals surface area contributed by atoms with Crippen LogP contribution in [0.25, 0.3) is 0 Å². The van der Waals surface area contributed by atoms with E-state index in [0.29, 0.717) is 5.92 Å². The lowest BCUT2D eigenvalue weighted by atomic mass is 10.2. The molecule has 1 N–H and O–H groups in total.